The summed E-state index contributed by atoms with van der Waals surface area (Å²) in [5, 5.41) is 0. The second kappa shape index (κ2) is 5.56. The molecule has 0 aliphatic rings. The number of halogens is 1. The second-order valence-corrected chi connectivity index (χ2v) is 4.16. The van der Waals surface area contributed by atoms with Crippen molar-refractivity contribution in [1.82, 2.24) is 4.98 Å². The van der Waals surface area contributed by atoms with E-state index >= 15 is 0 Å². The number of carbonyl (C=O) groups excluding carboxylic acids is 1. The molecule has 0 bridgehead atoms. The van der Waals surface area contributed by atoms with Crippen LogP contribution in [-0.4, -0.2) is 25.1 Å². The number of pyridine rings is 1. The molecule has 0 aliphatic carbocycles. The van der Waals surface area contributed by atoms with Crippen LogP contribution in [0.4, 0.5) is 21.6 Å². The number of esters is 1. The monoisotopic (exact) mass is 275 g/mol. The molecule has 2 N–H and O–H groups in total. The highest BCUT2D eigenvalue weighted by molar-refractivity contribution is 5.95. The van der Waals surface area contributed by atoms with Gasteiger partial charge in [0.05, 0.1) is 24.6 Å². The molecule has 104 valence electrons. The molecule has 0 spiro atoms. The molecular formula is C14H14FN3O2. The predicted octanol–water partition coefficient (Wildman–Crippen LogP) is 2.36. The molecule has 1 aromatic heterocycles. The number of carbonyl (C=O) groups is 1. The van der Waals surface area contributed by atoms with Crippen molar-refractivity contribution in [3.05, 3.63) is 47.9 Å². The first-order valence-corrected chi connectivity index (χ1v) is 5.86. The molecule has 0 saturated carbocycles. The number of methoxy groups -OCH3 is 1. The topological polar surface area (TPSA) is 68.5 Å². The molecule has 0 atom stereocenters. The van der Waals surface area contributed by atoms with Crippen molar-refractivity contribution in [2.75, 3.05) is 24.8 Å². The molecule has 2 rings (SSSR count). The number of rotatable bonds is 3. The molecule has 20 heavy (non-hydrogen) atoms. The third-order valence-corrected chi connectivity index (χ3v) is 2.88. The van der Waals surface area contributed by atoms with Gasteiger partial charge >= 0.3 is 5.97 Å². The Bertz CT molecular complexity index is 629. The van der Waals surface area contributed by atoms with Gasteiger partial charge in [-0.15, -0.1) is 0 Å². The van der Waals surface area contributed by atoms with Gasteiger partial charge in [-0.05, 0) is 30.3 Å². The van der Waals surface area contributed by atoms with Crippen LogP contribution in [0.3, 0.4) is 0 Å². The molecule has 1 heterocycles. The van der Waals surface area contributed by atoms with Gasteiger partial charge in [-0.3, -0.25) is 0 Å². The summed E-state index contributed by atoms with van der Waals surface area (Å²) in [7, 11) is 3.04. The number of benzene rings is 1. The van der Waals surface area contributed by atoms with Crippen molar-refractivity contribution in [2.24, 2.45) is 0 Å². The number of anilines is 3. The maximum atomic E-state index is 12.9. The molecule has 0 saturated heterocycles. The Balaban J connectivity index is 2.37. The van der Waals surface area contributed by atoms with Crippen molar-refractivity contribution in [3.63, 3.8) is 0 Å². The summed E-state index contributed by atoms with van der Waals surface area (Å²) in [4.78, 5) is 17.5. The Morgan fingerprint density at radius 3 is 2.60 bits per heavy atom. The van der Waals surface area contributed by atoms with Crippen LogP contribution in [0, 0.1) is 5.82 Å². The number of nitrogens with zero attached hydrogens (tertiary/aromatic N) is 2. The van der Waals surface area contributed by atoms with Crippen LogP contribution < -0.4 is 10.6 Å². The summed E-state index contributed by atoms with van der Waals surface area (Å²) >= 11 is 0. The SMILES string of the molecule is COC(=O)c1cc(N(C)c2ccc(F)cc2)ncc1N. The van der Waals surface area contributed by atoms with Gasteiger partial charge < -0.3 is 15.4 Å². The highest BCUT2D eigenvalue weighted by atomic mass is 19.1. The Hall–Kier alpha value is -2.63. The summed E-state index contributed by atoms with van der Waals surface area (Å²) in [5.74, 6) is -0.340. The number of nitrogens with two attached hydrogens (primary N) is 1. The summed E-state index contributed by atoms with van der Waals surface area (Å²) in [5.41, 5.74) is 6.91. The molecule has 0 amide bonds. The van der Waals surface area contributed by atoms with Crippen LogP contribution in [0.2, 0.25) is 0 Å². The van der Waals surface area contributed by atoms with Gasteiger partial charge in [0.1, 0.15) is 11.6 Å². The van der Waals surface area contributed by atoms with E-state index in [0.29, 0.717) is 5.82 Å². The van der Waals surface area contributed by atoms with E-state index in [1.807, 2.05) is 0 Å². The van der Waals surface area contributed by atoms with E-state index in [-0.39, 0.29) is 17.1 Å². The fourth-order valence-corrected chi connectivity index (χ4v) is 1.72. The van der Waals surface area contributed by atoms with Gasteiger partial charge in [0.2, 0.25) is 0 Å². The first-order chi connectivity index (χ1) is 9.52. The Kier molecular flexibility index (Phi) is 3.84. The minimum Gasteiger partial charge on any atom is -0.465 e. The van der Waals surface area contributed by atoms with Crippen molar-refractivity contribution < 1.29 is 13.9 Å². The standard InChI is InChI=1S/C14H14FN3O2/c1-18(10-5-3-9(15)4-6-10)13-7-11(14(19)20-2)12(16)8-17-13/h3-8H,16H2,1-2H3. The van der Waals surface area contributed by atoms with Gasteiger partial charge in [0, 0.05) is 12.7 Å². The summed E-state index contributed by atoms with van der Waals surface area (Å²) in [6.07, 6.45) is 1.39. The average molecular weight is 275 g/mol. The van der Waals surface area contributed by atoms with Crippen molar-refractivity contribution in [1.29, 1.82) is 0 Å². The molecule has 0 radical (unpaired) electrons. The van der Waals surface area contributed by atoms with Crippen LogP contribution in [0.25, 0.3) is 0 Å². The molecule has 5 nitrogen and oxygen atoms in total. The van der Waals surface area contributed by atoms with E-state index in [9.17, 15) is 9.18 Å². The third kappa shape index (κ3) is 2.69. The summed E-state index contributed by atoms with van der Waals surface area (Å²) in [6, 6.07) is 7.47. The van der Waals surface area contributed by atoms with Crippen LogP contribution in [0.15, 0.2) is 36.5 Å². The molecular weight excluding hydrogens is 261 g/mol. The zero-order valence-corrected chi connectivity index (χ0v) is 11.1. The zero-order valence-electron chi connectivity index (χ0n) is 11.1. The largest absolute Gasteiger partial charge is 0.465 e. The maximum absolute atomic E-state index is 12.9. The lowest BCUT2D eigenvalue weighted by molar-refractivity contribution is 0.0602. The van der Waals surface area contributed by atoms with E-state index in [0.717, 1.165) is 5.69 Å². The number of ether oxygens (including phenoxy) is 1. The van der Waals surface area contributed by atoms with Crippen molar-refractivity contribution in [2.45, 2.75) is 0 Å². The van der Waals surface area contributed by atoms with Gasteiger partial charge in [-0.2, -0.15) is 0 Å². The van der Waals surface area contributed by atoms with E-state index in [1.54, 1.807) is 24.1 Å². The second-order valence-electron chi connectivity index (χ2n) is 4.16. The quantitative estimate of drug-likeness (QED) is 0.871. The predicted molar refractivity (Wildman–Crippen MR) is 74.5 cm³/mol. The highest BCUT2D eigenvalue weighted by Gasteiger charge is 2.14. The Morgan fingerprint density at radius 2 is 2.00 bits per heavy atom. The van der Waals surface area contributed by atoms with Crippen molar-refractivity contribution in [3.8, 4) is 0 Å². The average Bonchev–Trinajstić information content (AvgIpc) is 2.47. The Morgan fingerprint density at radius 1 is 1.35 bits per heavy atom. The number of hydrogen-bond donors (Lipinski definition) is 1. The van der Waals surface area contributed by atoms with E-state index in [2.05, 4.69) is 9.72 Å². The molecule has 1 aromatic carbocycles. The van der Waals surface area contributed by atoms with E-state index in [1.165, 1.54) is 31.5 Å². The van der Waals surface area contributed by atoms with Crippen LogP contribution in [0.5, 0.6) is 0 Å². The first kappa shape index (κ1) is 13.8. The Labute approximate surface area is 115 Å². The lowest BCUT2D eigenvalue weighted by Gasteiger charge is -2.19. The van der Waals surface area contributed by atoms with Gasteiger partial charge in [-0.25, -0.2) is 14.2 Å². The third-order valence-electron chi connectivity index (χ3n) is 2.88. The molecule has 0 unspecified atom stereocenters. The number of nitrogen functional groups attached to an aromatic ring is 1. The minimum atomic E-state index is -0.529. The molecule has 0 aliphatic heterocycles. The van der Waals surface area contributed by atoms with Gasteiger partial charge in [-0.1, -0.05) is 0 Å². The lowest BCUT2D eigenvalue weighted by atomic mass is 10.2. The van der Waals surface area contributed by atoms with E-state index < -0.39 is 5.97 Å². The maximum Gasteiger partial charge on any atom is 0.340 e. The smallest absolute Gasteiger partial charge is 0.340 e. The molecule has 6 heteroatoms. The van der Waals surface area contributed by atoms with Gasteiger partial charge in [0.25, 0.3) is 0 Å². The summed E-state index contributed by atoms with van der Waals surface area (Å²) in [6.45, 7) is 0. The van der Waals surface area contributed by atoms with Gasteiger partial charge in [0.15, 0.2) is 0 Å². The fourth-order valence-electron chi connectivity index (χ4n) is 1.72. The van der Waals surface area contributed by atoms with E-state index in [4.69, 9.17) is 5.73 Å². The first-order valence-electron chi connectivity index (χ1n) is 5.86. The van der Waals surface area contributed by atoms with Crippen LogP contribution >= 0.6 is 0 Å². The van der Waals surface area contributed by atoms with Crippen LogP contribution in [0.1, 0.15) is 10.4 Å². The minimum absolute atomic E-state index is 0.242. The molecule has 0 fully saturated rings. The lowest BCUT2D eigenvalue weighted by Crippen LogP contribution is -2.14. The molecule has 2 aromatic rings. The number of aromatic nitrogens is 1. The highest BCUT2D eigenvalue weighted by Crippen LogP contribution is 2.24. The number of hydrogen-bond acceptors (Lipinski definition) is 5. The normalized spacial score (nSPS) is 10.2. The zero-order chi connectivity index (χ0) is 14.7. The van der Waals surface area contributed by atoms with Crippen LogP contribution in [-0.2, 0) is 4.74 Å². The van der Waals surface area contributed by atoms with Crippen molar-refractivity contribution >= 4 is 23.2 Å². The fraction of sp³-hybridized carbons (Fsp3) is 0.143. The summed E-state index contributed by atoms with van der Waals surface area (Å²) < 4.78 is 17.6.